The van der Waals surface area contributed by atoms with E-state index in [0.29, 0.717) is 24.5 Å². The number of hydrogen-bond donors (Lipinski definition) is 2. The molecular formula is C13H19Cl2FN4O2. The Morgan fingerprint density at radius 2 is 1.95 bits per heavy atom. The number of nitrogens with two attached hydrogens (primary N) is 1. The molecule has 1 aliphatic rings. The van der Waals surface area contributed by atoms with Gasteiger partial charge in [0.05, 0.1) is 24.5 Å². The Kier molecular flexibility index (Phi) is 8.15. The molecule has 0 saturated carbocycles. The summed E-state index contributed by atoms with van der Waals surface area (Å²) in [6.45, 7) is 0.827. The standard InChI is InChI=1S/C13H17FN4O2.2ClH/c1-17-4-5-18(13(20)8-16-12(19)7-15)10-3-2-9(14)6-11(10)17;;/h2-3,6H,4-5,7-8,15H2,1H3,(H,16,19);2*1H. The Hall–Kier alpha value is -1.57. The quantitative estimate of drug-likeness (QED) is 0.831. The molecule has 0 fully saturated rings. The first-order chi connectivity index (χ1) is 9.52. The average Bonchev–Trinajstić information content (AvgIpc) is 2.45. The van der Waals surface area contributed by atoms with Crippen LogP contribution in [0.25, 0.3) is 0 Å². The van der Waals surface area contributed by atoms with Gasteiger partial charge in [-0.1, -0.05) is 0 Å². The van der Waals surface area contributed by atoms with E-state index in [9.17, 15) is 14.0 Å². The van der Waals surface area contributed by atoms with Crippen molar-refractivity contribution in [2.45, 2.75) is 0 Å². The summed E-state index contributed by atoms with van der Waals surface area (Å²) in [7, 11) is 1.84. The van der Waals surface area contributed by atoms with E-state index >= 15 is 0 Å². The number of carbonyl (C=O) groups excluding carboxylic acids is 2. The molecule has 0 aliphatic carbocycles. The number of fused-ring (bicyclic) bond motifs is 1. The van der Waals surface area contributed by atoms with Gasteiger partial charge in [-0.15, -0.1) is 24.8 Å². The first-order valence-corrected chi connectivity index (χ1v) is 6.30. The van der Waals surface area contributed by atoms with Gasteiger partial charge >= 0.3 is 0 Å². The molecule has 9 heteroatoms. The largest absolute Gasteiger partial charge is 0.371 e. The molecule has 0 aromatic heterocycles. The van der Waals surface area contributed by atoms with Gasteiger partial charge in [-0.05, 0) is 18.2 Å². The highest BCUT2D eigenvalue weighted by Crippen LogP contribution is 2.32. The van der Waals surface area contributed by atoms with Gasteiger partial charge in [0.25, 0.3) is 0 Å². The van der Waals surface area contributed by atoms with E-state index in [1.165, 1.54) is 12.1 Å². The van der Waals surface area contributed by atoms with Crippen molar-refractivity contribution in [3.05, 3.63) is 24.0 Å². The van der Waals surface area contributed by atoms with Crippen LogP contribution in [-0.4, -0.2) is 45.0 Å². The number of amides is 2. The first kappa shape index (κ1) is 20.4. The van der Waals surface area contributed by atoms with Crippen LogP contribution in [0.3, 0.4) is 0 Å². The smallest absolute Gasteiger partial charge is 0.246 e. The van der Waals surface area contributed by atoms with Crippen molar-refractivity contribution in [1.82, 2.24) is 5.32 Å². The Morgan fingerprint density at radius 1 is 1.27 bits per heavy atom. The molecule has 2 amide bonds. The van der Waals surface area contributed by atoms with Crippen molar-refractivity contribution in [3.8, 4) is 0 Å². The summed E-state index contributed by atoms with van der Waals surface area (Å²) >= 11 is 0. The number of rotatable bonds is 3. The van der Waals surface area contributed by atoms with Crippen molar-refractivity contribution in [1.29, 1.82) is 0 Å². The van der Waals surface area contributed by atoms with E-state index < -0.39 is 0 Å². The third-order valence-electron chi connectivity index (χ3n) is 3.22. The lowest BCUT2D eigenvalue weighted by Crippen LogP contribution is -2.47. The van der Waals surface area contributed by atoms with E-state index in [4.69, 9.17) is 5.73 Å². The maximum absolute atomic E-state index is 13.3. The zero-order chi connectivity index (χ0) is 14.7. The van der Waals surface area contributed by atoms with E-state index in [1.807, 2.05) is 11.9 Å². The van der Waals surface area contributed by atoms with Crippen LogP contribution in [0.15, 0.2) is 18.2 Å². The molecule has 0 bridgehead atoms. The Bertz CT molecular complexity index is 545. The summed E-state index contributed by atoms with van der Waals surface area (Å²) in [6, 6.07) is 4.28. The highest BCUT2D eigenvalue weighted by atomic mass is 35.5. The van der Waals surface area contributed by atoms with Crippen LogP contribution in [0.2, 0.25) is 0 Å². The minimum Gasteiger partial charge on any atom is -0.371 e. The molecule has 0 saturated heterocycles. The number of likely N-dealkylation sites (N-methyl/N-ethyl adjacent to an activating group) is 1. The van der Waals surface area contributed by atoms with E-state index in [-0.39, 0.29) is 55.5 Å². The fraction of sp³-hybridized carbons (Fsp3) is 0.385. The van der Waals surface area contributed by atoms with Gasteiger partial charge < -0.3 is 20.9 Å². The molecule has 1 heterocycles. The number of hydrogen-bond acceptors (Lipinski definition) is 4. The highest BCUT2D eigenvalue weighted by Gasteiger charge is 2.25. The Balaban J connectivity index is 0.00000220. The van der Waals surface area contributed by atoms with Crippen molar-refractivity contribution in [2.75, 3.05) is 43.0 Å². The predicted molar refractivity (Wildman–Crippen MR) is 88.6 cm³/mol. The van der Waals surface area contributed by atoms with Crippen LogP contribution in [0.5, 0.6) is 0 Å². The summed E-state index contributed by atoms with van der Waals surface area (Å²) in [6.07, 6.45) is 0. The lowest BCUT2D eigenvalue weighted by atomic mass is 10.1. The fourth-order valence-corrected chi connectivity index (χ4v) is 2.12. The second-order valence-corrected chi connectivity index (χ2v) is 4.58. The highest BCUT2D eigenvalue weighted by molar-refractivity contribution is 6.00. The molecule has 3 N–H and O–H groups in total. The van der Waals surface area contributed by atoms with E-state index in [1.54, 1.807) is 11.0 Å². The number of nitrogens with one attached hydrogen (secondary N) is 1. The van der Waals surface area contributed by atoms with Crippen molar-refractivity contribution < 1.29 is 14.0 Å². The lowest BCUT2D eigenvalue weighted by Gasteiger charge is -2.35. The van der Waals surface area contributed by atoms with Crippen LogP contribution < -0.4 is 20.9 Å². The molecule has 1 aromatic carbocycles. The van der Waals surface area contributed by atoms with Gasteiger partial charge in [-0.2, -0.15) is 0 Å². The fourth-order valence-electron chi connectivity index (χ4n) is 2.12. The van der Waals surface area contributed by atoms with Crippen LogP contribution in [-0.2, 0) is 9.59 Å². The summed E-state index contributed by atoms with van der Waals surface area (Å²) < 4.78 is 13.3. The molecule has 0 atom stereocenters. The van der Waals surface area contributed by atoms with Gasteiger partial charge in [-0.25, -0.2) is 4.39 Å². The third kappa shape index (κ3) is 4.46. The molecule has 1 aromatic rings. The summed E-state index contributed by atoms with van der Waals surface area (Å²) in [5.74, 6) is -0.971. The van der Waals surface area contributed by atoms with Crippen molar-refractivity contribution in [2.24, 2.45) is 5.73 Å². The SMILES string of the molecule is CN1CCN(C(=O)CNC(=O)CN)c2ccc(F)cc21.Cl.Cl. The maximum Gasteiger partial charge on any atom is 0.246 e. The van der Waals surface area contributed by atoms with E-state index in [2.05, 4.69) is 5.32 Å². The first-order valence-electron chi connectivity index (χ1n) is 6.30. The van der Waals surface area contributed by atoms with Gasteiger partial charge in [0.2, 0.25) is 11.8 Å². The van der Waals surface area contributed by atoms with Crippen LogP contribution in [0.4, 0.5) is 15.8 Å². The molecule has 0 spiro atoms. The monoisotopic (exact) mass is 352 g/mol. The minimum atomic E-state index is -0.383. The Labute approximate surface area is 140 Å². The second kappa shape index (κ2) is 8.77. The Morgan fingerprint density at radius 3 is 2.59 bits per heavy atom. The molecule has 22 heavy (non-hydrogen) atoms. The normalized spacial score (nSPS) is 12.7. The van der Waals surface area contributed by atoms with Gasteiger partial charge in [0.1, 0.15) is 5.82 Å². The van der Waals surface area contributed by atoms with Crippen LogP contribution in [0.1, 0.15) is 0 Å². The van der Waals surface area contributed by atoms with Gasteiger partial charge in [0.15, 0.2) is 0 Å². The number of carbonyl (C=O) groups is 2. The lowest BCUT2D eigenvalue weighted by molar-refractivity contribution is -0.124. The molecule has 2 rings (SSSR count). The third-order valence-corrected chi connectivity index (χ3v) is 3.22. The molecule has 124 valence electrons. The maximum atomic E-state index is 13.3. The zero-order valence-electron chi connectivity index (χ0n) is 12.0. The minimum absolute atomic E-state index is 0. The number of anilines is 2. The van der Waals surface area contributed by atoms with Gasteiger partial charge in [0, 0.05) is 20.1 Å². The topological polar surface area (TPSA) is 78.7 Å². The number of nitrogens with zero attached hydrogens (tertiary/aromatic N) is 2. The molecule has 1 aliphatic heterocycles. The summed E-state index contributed by atoms with van der Waals surface area (Å²) in [5, 5.41) is 2.44. The van der Waals surface area contributed by atoms with Crippen molar-refractivity contribution in [3.63, 3.8) is 0 Å². The van der Waals surface area contributed by atoms with Gasteiger partial charge in [-0.3, -0.25) is 9.59 Å². The molecule has 6 nitrogen and oxygen atoms in total. The number of halogens is 3. The van der Waals surface area contributed by atoms with Crippen LogP contribution >= 0.6 is 24.8 Å². The summed E-state index contributed by atoms with van der Waals surface area (Å²) in [4.78, 5) is 26.6. The molecule has 0 radical (unpaired) electrons. The van der Waals surface area contributed by atoms with Crippen LogP contribution in [0, 0.1) is 5.82 Å². The van der Waals surface area contributed by atoms with E-state index in [0.717, 1.165) is 0 Å². The molecular weight excluding hydrogens is 334 g/mol. The van der Waals surface area contributed by atoms with Crippen molar-refractivity contribution >= 4 is 48.0 Å². The zero-order valence-corrected chi connectivity index (χ0v) is 13.7. The summed E-state index contributed by atoms with van der Waals surface area (Å²) in [5.41, 5.74) is 6.47. The average molecular weight is 353 g/mol. The predicted octanol–water partition coefficient (Wildman–Crippen LogP) is 0.527. The number of benzene rings is 1. The second-order valence-electron chi connectivity index (χ2n) is 4.58. The molecule has 0 unspecified atom stereocenters.